The van der Waals surface area contributed by atoms with Crippen LogP contribution in [0.4, 0.5) is 0 Å². The van der Waals surface area contributed by atoms with Crippen LogP contribution in [0.25, 0.3) is 0 Å². The average Bonchev–Trinajstić information content (AvgIpc) is 2.66. The Morgan fingerprint density at radius 2 is 2.07 bits per heavy atom. The van der Waals surface area contributed by atoms with Crippen molar-refractivity contribution in [2.24, 2.45) is 5.92 Å². The first-order valence-electron chi connectivity index (χ1n) is 5.58. The van der Waals surface area contributed by atoms with Crippen LogP contribution in [-0.2, 0) is 4.79 Å². The van der Waals surface area contributed by atoms with Crippen LogP contribution in [0.5, 0.6) is 5.75 Å². The minimum atomic E-state index is -0.0180. The van der Waals surface area contributed by atoms with Crippen molar-refractivity contribution in [3.63, 3.8) is 0 Å². The lowest BCUT2D eigenvalue weighted by Crippen LogP contribution is -2.28. The number of hydrogen-bond acceptors (Lipinski definition) is 2. The van der Waals surface area contributed by atoms with E-state index in [1.807, 2.05) is 13.0 Å². The molecule has 2 aliphatic rings. The zero-order valence-electron chi connectivity index (χ0n) is 8.82. The third-order valence-electron chi connectivity index (χ3n) is 3.60. The summed E-state index contributed by atoms with van der Waals surface area (Å²) in [6.45, 7) is 2.02. The highest BCUT2D eigenvalue weighted by Gasteiger charge is 2.40. The van der Waals surface area contributed by atoms with Gasteiger partial charge in [-0.05, 0) is 37.0 Å². The Hall–Kier alpha value is -1.31. The van der Waals surface area contributed by atoms with Gasteiger partial charge in [0, 0.05) is 5.92 Å². The van der Waals surface area contributed by atoms with Crippen LogP contribution < -0.4 is 4.74 Å². The number of rotatable bonds is 0. The highest BCUT2D eigenvalue weighted by Crippen LogP contribution is 2.47. The smallest absolute Gasteiger partial charge is 0.314 e. The topological polar surface area (TPSA) is 26.3 Å². The van der Waals surface area contributed by atoms with Crippen molar-refractivity contribution >= 4 is 5.97 Å². The summed E-state index contributed by atoms with van der Waals surface area (Å²) < 4.78 is 5.39. The van der Waals surface area contributed by atoms with Crippen molar-refractivity contribution in [3.05, 3.63) is 29.3 Å². The van der Waals surface area contributed by atoms with Crippen LogP contribution in [0, 0.1) is 12.8 Å². The minimum absolute atomic E-state index is 0.0180. The van der Waals surface area contributed by atoms with Gasteiger partial charge in [-0.1, -0.05) is 18.6 Å². The zero-order valence-corrected chi connectivity index (χ0v) is 8.82. The first-order valence-corrected chi connectivity index (χ1v) is 5.58. The summed E-state index contributed by atoms with van der Waals surface area (Å²) in [4.78, 5) is 11.7. The van der Waals surface area contributed by atoms with Gasteiger partial charge in [0.25, 0.3) is 0 Å². The van der Waals surface area contributed by atoms with Crippen LogP contribution in [0.1, 0.15) is 36.3 Å². The number of aryl methyl sites for hydroxylation is 1. The maximum absolute atomic E-state index is 11.7. The summed E-state index contributed by atoms with van der Waals surface area (Å²) in [5.41, 5.74) is 2.39. The normalized spacial score (nSPS) is 28.2. The molecule has 1 saturated carbocycles. The van der Waals surface area contributed by atoms with Gasteiger partial charge in [-0.2, -0.15) is 0 Å². The summed E-state index contributed by atoms with van der Waals surface area (Å²) in [5, 5.41) is 0. The Kier molecular flexibility index (Phi) is 1.84. The van der Waals surface area contributed by atoms with E-state index < -0.39 is 0 Å². The zero-order chi connectivity index (χ0) is 10.4. The molecule has 0 aromatic heterocycles. The Labute approximate surface area is 89.2 Å². The fourth-order valence-corrected chi connectivity index (χ4v) is 2.83. The van der Waals surface area contributed by atoms with E-state index in [1.54, 1.807) is 0 Å². The maximum Gasteiger partial charge on any atom is 0.314 e. The van der Waals surface area contributed by atoms with E-state index in [0.29, 0.717) is 5.92 Å². The van der Waals surface area contributed by atoms with Crippen molar-refractivity contribution < 1.29 is 9.53 Å². The van der Waals surface area contributed by atoms with Crippen LogP contribution in [0.3, 0.4) is 0 Å². The molecule has 2 nitrogen and oxygen atoms in total. The fraction of sp³-hybridized carbons (Fsp3) is 0.462. The average molecular weight is 202 g/mol. The minimum Gasteiger partial charge on any atom is -0.426 e. The molecule has 2 atom stereocenters. The summed E-state index contributed by atoms with van der Waals surface area (Å²) >= 11 is 0. The summed E-state index contributed by atoms with van der Waals surface area (Å²) in [7, 11) is 0. The van der Waals surface area contributed by atoms with Gasteiger partial charge in [0.05, 0.1) is 5.92 Å². The van der Waals surface area contributed by atoms with Gasteiger partial charge in [-0.15, -0.1) is 0 Å². The molecule has 78 valence electrons. The molecule has 1 heterocycles. The molecular weight excluding hydrogens is 188 g/mol. The first-order chi connectivity index (χ1) is 7.25. The largest absolute Gasteiger partial charge is 0.426 e. The molecule has 0 N–H and O–H groups in total. The second-order valence-corrected chi connectivity index (χ2v) is 4.61. The molecule has 1 aliphatic carbocycles. The monoisotopic (exact) mass is 202 g/mol. The fourth-order valence-electron chi connectivity index (χ4n) is 2.83. The predicted molar refractivity (Wildman–Crippen MR) is 56.9 cm³/mol. The highest BCUT2D eigenvalue weighted by molar-refractivity contribution is 5.79. The molecule has 1 aromatic carbocycles. The summed E-state index contributed by atoms with van der Waals surface area (Å²) in [5.74, 6) is 1.32. The lowest BCUT2D eigenvalue weighted by molar-refractivity contribution is -0.140. The van der Waals surface area contributed by atoms with Crippen LogP contribution in [0.2, 0.25) is 0 Å². The van der Waals surface area contributed by atoms with Crippen LogP contribution in [0.15, 0.2) is 18.2 Å². The molecule has 15 heavy (non-hydrogen) atoms. The molecule has 0 amide bonds. The Morgan fingerprint density at radius 3 is 2.93 bits per heavy atom. The Bertz CT molecular complexity index is 423. The second-order valence-electron chi connectivity index (χ2n) is 4.61. The van der Waals surface area contributed by atoms with Crippen LogP contribution in [-0.4, -0.2) is 5.97 Å². The van der Waals surface area contributed by atoms with Gasteiger partial charge in [-0.3, -0.25) is 4.79 Å². The van der Waals surface area contributed by atoms with Crippen molar-refractivity contribution in [1.82, 2.24) is 0 Å². The van der Waals surface area contributed by atoms with E-state index >= 15 is 0 Å². The summed E-state index contributed by atoms with van der Waals surface area (Å²) in [6, 6.07) is 6.20. The van der Waals surface area contributed by atoms with Gasteiger partial charge in [0.1, 0.15) is 5.75 Å². The molecule has 1 aromatic rings. The summed E-state index contributed by atoms with van der Waals surface area (Å²) in [6.07, 6.45) is 3.28. The molecule has 0 radical (unpaired) electrons. The Morgan fingerprint density at radius 1 is 1.27 bits per heavy atom. The van der Waals surface area contributed by atoms with Gasteiger partial charge >= 0.3 is 5.97 Å². The molecule has 1 fully saturated rings. The molecule has 0 spiro atoms. The third-order valence-corrected chi connectivity index (χ3v) is 3.60. The van der Waals surface area contributed by atoms with Gasteiger partial charge < -0.3 is 4.74 Å². The number of esters is 1. The van der Waals surface area contributed by atoms with E-state index in [9.17, 15) is 4.79 Å². The Balaban J connectivity index is 2.11. The predicted octanol–water partition coefficient (Wildman–Crippen LogP) is 2.80. The lowest BCUT2D eigenvalue weighted by Gasteiger charge is -2.26. The molecule has 2 unspecified atom stereocenters. The lowest BCUT2D eigenvalue weighted by atomic mass is 9.86. The number of benzene rings is 1. The number of carbonyl (C=O) groups is 1. The van der Waals surface area contributed by atoms with Crippen LogP contribution >= 0.6 is 0 Å². The van der Waals surface area contributed by atoms with Crippen molar-refractivity contribution in [3.8, 4) is 5.75 Å². The molecule has 3 rings (SSSR count). The number of hydrogen-bond donors (Lipinski definition) is 0. The SMILES string of the molecule is Cc1ccc2c(c1)OC(=O)C1CCCC21. The highest BCUT2D eigenvalue weighted by atomic mass is 16.5. The van der Waals surface area contributed by atoms with Gasteiger partial charge in [0.15, 0.2) is 0 Å². The van der Waals surface area contributed by atoms with Crippen molar-refractivity contribution in [2.75, 3.05) is 0 Å². The van der Waals surface area contributed by atoms with Gasteiger partial charge in [-0.25, -0.2) is 0 Å². The maximum atomic E-state index is 11.7. The van der Waals surface area contributed by atoms with E-state index in [-0.39, 0.29) is 11.9 Å². The van der Waals surface area contributed by atoms with Crippen molar-refractivity contribution in [1.29, 1.82) is 0 Å². The molecular formula is C13H14O2. The number of carbonyl (C=O) groups excluding carboxylic acids is 1. The van der Waals surface area contributed by atoms with E-state index in [4.69, 9.17) is 4.74 Å². The molecule has 2 heteroatoms. The molecule has 1 aliphatic heterocycles. The van der Waals surface area contributed by atoms with E-state index in [0.717, 1.165) is 30.6 Å². The standard InChI is InChI=1S/C13H14O2/c1-8-5-6-10-9-3-2-4-11(9)13(14)15-12(10)7-8/h5-7,9,11H,2-4H2,1H3. The van der Waals surface area contributed by atoms with E-state index in [2.05, 4.69) is 12.1 Å². The van der Waals surface area contributed by atoms with E-state index in [1.165, 1.54) is 5.56 Å². The molecule has 0 saturated heterocycles. The first kappa shape index (κ1) is 8.96. The van der Waals surface area contributed by atoms with Crippen molar-refractivity contribution in [2.45, 2.75) is 32.1 Å². The third kappa shape index (κ3) is 1.28. The second kappa shape index (κ2) is 3.09. The van der Waals surface area contributed by atoms with Gasteiger partial charge in [0.2, 0.25) is 0 Å². The molecule has 0 bridgehead atoms. The number of fused-ring (bicyclic) bond motifs is 3. The quantitative estimate of drug-likeness (QED) is 0.477. The number of ether oxygens (including phenoxy) is 1.